The highest BCUT2D eigenvalue weighted by atomic mass is 19.4. The Morgan fingerprint density at radius 2 is 2.10 bits per heavy atom. The fourth-order valence-electron chi connectivity index (χ4n) is 3.52. The number of benzene rings is 1. The second-order valence-electron chi connectivity index (χ2n) is 7.29. The number of amides is 1. The number of alkyl halides is 3. The average Bonchev–Trinajstić information content (AvgIpc) is 3.38. The molecule has 0 spiro atoms. The van der Waals surface area contributed by atoms with E-state index >= 15 is 0 Å². The lowest BCUT2D eigenvalue weighted by atomic mass is 10.1. The van der Waals surface area contributed by atoms with Crippen molar-refractivity contribution in [1.29, 1.82) is 0 Å². The standard InChI is InChI=1S/C21H20F3N3O2/c1-12(18-7-6-13(9-25-18)29-11-21(22,23)24)27-20(28)16-8-15(16)17-10-26-19-5-3-2-4-14(17)19/h2-7,9-10,12,15-16,26H,8,11H2,1H3,(H,27,28)/t12-,15-,16-/m1/s1. The third-order valence-electron chi connectivity index (χ3n) is 5.11. The minimum atomic E-state index is -4.40. The molecular formula is C21H20F3N3O2. The van der Waals surface area contributed by atoms with Crippen molar-refractivity contribution in [3.63, 3.8) is 0 Å². The molecule has 29 heavy (non-hydrogen) atoms. The number of rotatable bonds is 6. The van der Waals surface area contributed by atoms with Crippen LogP contribution in [0.15, 0.2) is 48.8 Å². The first-order valence-electron chi connectivity index (χ1n) is 9.34. The van der Waals surface area contributed by atoms with Gasteiger partial charge >= 0.3 is 6.18 Å². The van der Waals surface area contributed by atoms with Gasteiger partial charge in [0.25, 0.3) is 0 Å². The molecule has 4 rings (SSSR count). The van der Waals surface area contributed by atoms with Gasteiger partial charge in [-0.25, -0.2) is 0 Å². The summed E-state index contributed by atoms with van der Waals surface area (Å²) in [5, 5.41) is 4.08. The van der Waals surface area contributed by atoms with Gasteiger partial charge in [-0.05, 0) is 43.0 Å². The van der Waals surface area contributed by atoms with Crippen LogP contribution in [0.5, 0.6) is 5.75 Å². The number of aromatic nitrogens is 2. The second kappa shape index (κ2) is 7.42. The Hall–Kier alpha value is -3.03. The summed E-state index contributed by atoms with van der Waals surface area (Å²) in [6.45, 7) is 0.427. The highest BCUT2D eigenvalue weighted by Crippen LogP contribution is 2.49. The monoisotopic (exact) mass is 403 g/mol. The molecule has 0 radical (unpaired) electrons. The van der Waals surface area contributed by atoms with Crippen molar-refractivity contribution >= 4 is 16.8 Å². The highest BCUT2D eigenvalue weighted by molar-refractivity contribution is 5.88. The maximum Gasteiger partial charge on any atom is 0.422 e. The molecule has 1 aromatic carbocycles. The molecule has 1 saturated carbocycles. The summed E-state index contributed by atoms with van der Waals surface area (Å²) in [6.07, 6.45) is -0.410. The molecule has 1 aliphatic carbocycles. The van der Waals surface area contributed by atoms with Crippen molar-refractivity contribution in [2.45, 2.75) is 31.5 Å². The van der Waals surface area contributed by atoms with Gasteiger partial charge in [0.05, 0.1) is 17.9 Å². The van der Waals surface area contributed by atoms with Crippen LogP contribution < -0.4 is 10.1 Å². The maximum atomic E-state index is 12.6. The average molecular weight is 403 g/mol. The number of H-pyrrole nitrogens is 1. The van der Waals surface area contributed by atoms with Gasteiger partial charge in [-0.15, -0.1) is 0 Å². The molecule has 152 valence electrons. The van der Waals surface area contributed by atoms with Gasteiger partial charge < -0.3 is 15.0 Å². The third kappa shape index (κ3) is 4.36. The lowest BCUT2D eigenvalue weighted by Gasteiger charge is -2.14. The quantitative estimate of drug-likeness (QED) is 0.638. The number of hydrogen-bond acceptors (Lipinski definition) is 3. The SMILES string of the molecule is C[C@@H](NC(=O)[C@@H]1C[C@H]1c1c[nH]c2ccccc12)c1ccc(OCC(F)(F)F)cn1. The molecule has 3 aromatic rings. The normalized spacial score (nSPS) is 19.7. The number of carbonyl (C=O) groups excluding carboxylic acids is 1. The number of halogens is 3. The number of pyridine rings is 1. The van der Waals surface area contributed by atoms with E-state index in [4.69, 9.17) is 0 Å². The van der Waals surface area contributed by atoms with Crippen molar-refractivity contribution in [1.82, 2.24) is 15.3 Å². The zero-order valence-electron chi connectivity index (χ0n) is 15.7. The Balaban J connectivity index is 1.34. The van der Waals surface area contributed by atoms with Gasteiger partial charge in [0, 0.05) is 23.0 Å². The molecule has 0 bridgehead atoms. The minimum Gasteiger partial charge on any atom is -0.483 e. The fraction of sp³-hybridized carbons (Fsp3) is 0.333. The van der Waals surface area contributed by atoms with Crippen LogP contribution in [0, 0.1) is 5.92 Å². The predicted molar refractivity (Wildman–Crippen MR) is 101 cm³/mol. The third-order valence-corrected chi connectivity index (χ3v) is 5.11. The Bertz CT molecular complexity index is 1010. The number of para-hydroxylation sites is 1. The number of hydrogen-bond donors (Lipinski definition) is 2. The predicted octanol–water partition coefficient (Wildman–Crippen LogP) is 4.48. The number of ether oxygens (including phenoxy) is 1. The summed E-state index contributed by atoms with van der Waals surface area (Å²) < 4.78 is 41.2. The zero-order valence-corrected chi connectivity index (χ0v) is 15.7. The van der Waals surface area contributed by atoms with Crippen LogP contribution in [0.2, 0.25) is 0 Å². The van der Waals surface area contributed by atoms with Crippen molar-refractivity contribution in [2.24, 2.45) is 5.92 Å². The molecule has 0 unspecified atom stereocenters. The van der Waals surface area contributed by atoms with Gasteiger partial charge in [0.15, 0.2) is 6.61 Å². The molecule has 5 nitrogen and oxygen atoms in total. The molecule has 1 aliphatic rings. The largest absolute Gasteiger partial charge is 0.483 e. The first kappa shape index (κ1) is 19.3. The molecule has 2 heterocycles. The van der Waals surface area contributed by atoms with Crippen LogP contribution in [0.4, 0.5) is 13.2 Å². The van der Waals surface area contributed by atoms with Crippen molar-refractivity contribution in [2.75, 3.05) is 6.61 Å². The molecule has 2 N–H and O–H groups in total. The van der Waals surface area contributed by atoms with Crippen molar-refractivity contribution in [3.8, 4) is 5.75 Å². The topological polar surface area (TPSA) is 67.0 Å². The number of nitrogens with one attached hydrogen (secondary N) is 2. The van der Waals surface area contributed by atoms with E-state index < -0.39 is 12.8 Å². The fourth-order valence-corrected chi connectivity index (χ4v) is 3.52. The van der Waals surface area contributed by atoms with Gasteiger partial charge in [0.2, 0.25) is 5.91 Å². The van der Waals surface area contributed by atoms with Crippen LogP contribution >= 0.6 is 0 Å². The maximum absolute atomic E-state index is 12.6. The van der Waals surface area contributed by atoms with Crippen LogP contribution in [-0.4, -0.2) is 28.7 Å². The molecule has 1 amide bonds. The Morgan fingerprint density at radius 1 is 1.31 bits per heavy atom. The zero-order chi connectivity index (χ0) is 20.6. The van der Waals surface area contributed by atoms with E-state index in [1.54, 1.807) is 13.0 Å². The Kier molecular flexibility index (Phi) is 4.94. The number of carbonyl (C=O) groups is 1. The minimum absolute atomic E-state index is 0.0335. The van der Waals surface area contributed by atoms with Gasteiger partial charge in [0.1, 0.15) is 5.75 Å². The van der Waals surface area contributed by atoms with Crippen LogP contribution in [0.25, 0.3) is 10.9 Å². The summed E-state index contributed by atoms with van der Waals surface area (Å²) in [7, 11) is 0. The van der Waals surface area contributed by atoms with Crippen LogP contribution in [-0.2, 0) is 4.79 Å². The summed E-state index contributed by atoms with van der Waals surface area (Å²) in [5.41, 5.74) is 2.76. The number of nitrogens with zero attached hydrogens (tertiary/aromatic N) is 1. The summed E-state index contributed by atoms with van der Waals surface area (Å²) in [6, 6.07) is 10.6. The van der Waals surface area contributed by atoms with E-state index in [2.05, 4.69) is 20.0 Å². The van der Waals surface area contributed by atoms with Crippen LogP contribution in [0.3, 0.4) is 0 Å². The van der Waals surface area contributed by atoms with Gasteiger partial charge in [-0.1, -0.05) is 18.2 Å². The Labute approximate surface area is 165 Å². The molecule has 3 atom stereocenters. The van der Waals surface area contributed by atoms with Crippen LogP contribution in [0.1, 0.15) is 36.6 Å². The highest BCUT2D eigenvalue weighted by Gasteiger charge is 2.45. The van der Waals surface area contributed by atoms with Crippen molar-refractivity contribution < 1.29 is 22.7 Å². The molecular weight excluding hydrogens is 383 g/mol. The molecule has 8 heteroatoms. The van der Waals surface area contributed by atoms with E-state index in [1.165, 1.54) is 12.3 Å². The van der Waals surface area contributed by atoms with E-state index in [0.29, 0.717) is 5.69 Å². The summed E-state index contributed by atoms with van der Waals surface area (Å²) in [4.78, 5) is 20.0. The summed E-state index contributed by atoms with van der Waals surface area (Å²) >= 11 is 0. The van der Waals surface area contributed by atoms with Crippen molar-refractivity contribution in [3.05, 3.63) is 60.0 Å². The molecule has 0 saturated heterocycles. The number of aromatic amines is 1. The lowest BCUT2D eigenvalue weighted by Crippen LogP contribution is -2.29. The molecule has 1 fully saturated rings. The first-order valence-corrected chi connectivity index (χ1v) is 9.34. The van der Waals surface area contributed by atoms with E-state index in [0.717, 1.165) is 22.9 Å². The lowest BCUT2D eigenvalue weighted by molar-refractivity contribution is -0.153. The first-order chi connectivity index (χ1) is 13.8. The number of fused-ring (bicyclic) bond motifs is 1. The summed E-state index contributed by atoms with van der Waals surface area (Å²) in [5.74, 6) is 0.0775. The molecule has 0 aliphatic heterocycles. The van der Waals surface area contributed by atoms with Gasteiger partial charge in [-0.2, -0.15) is 13.2 Å². The van der Waals surface area contributed by atoms with E-state index in [1.807, 2.05) is 30.5 Å². The van der Waals surface area contributed by atoms with E-state index in [9.17, 15) is 18.0 Å². The van der Waals surface area contributed by atoms with E-state index in [-0.39, 0.29) is 29.5 Å². The van der Waals surface area contributed by atoms with Gasteiger partial charge in [-0.3, -0.25) is 9.78 Å². The Morgan fingerprint density at radius 3 is 2.83 bits per heavy atom. The smallest absolute Gasteiger partial charge is 0.422 e. The molecule has 2 aromatic heterocycles. The second-order valence-corrected chi connectivity index (χ2v) is 7.29.